The zero-order valence-corrected chi connectivity index (χ0v) is 14.0. The van der Waals surface area contributed by atoms with Gasteiger partial charge in [0.1, 0.15) is 9.84 Å². The number of fused-ring (bicyclic) bond motifs is 1. The minimum absolute atomic E-state index is 0.0975. The first-order valence-corrected chi connectivity index (χ1v) is 9.18. The normalized spacial score (nSPS) is 11.9. The molecule has 1 heterocycles. The lowest BCUT2D eigenvalue weighted by molar-refractivity contribution is 0.584. The highest BCUT2D eigenvalue weighted by molar-refractivity contribution is 14.1. The van der Waals surface area contributed by atoms with Gasteiger partial charge in [-0.25, -0.2) is 13.4 Å². The molecule has 20 heavy (non-hydrogen) atoms. The lowest BCUT2D eigenvalue weighted by Gasteiger charge is -2.07. The minimum atomic E-state index is -2.99. The fraction of sp³-hybridized carbons (Fsp3) is 0.385. The van der Waals surface area contributed by atoms with Crippen molar-refractivity contribution in [3.63, 3.8) is 0 Å². The van der Waals surface area contributed by atoms with Crippen LogP contribution >= 0.6 is 22.6 Å². The van der Waals surface area contributed by atoms with E-state index < -0.39 is 9.84 Å². The molecule has 0 saturated heterocycles. The molecule has 0 amide bonds. The van der Waals surface area contributed by atoms with Crippen LogP contribution in [0.1, 0.15) is 13.3 Å². The number of hydrogen-bond acceptors (Lipinski definition) is 4. The molecule has 0 aliphatic rings. The third-order valence-electron chi connectivity index (χ3n) is 3.08. The molecule has 2 rings (SSSR count). The number of halogens is 1. The van der Waals surface area contributed by atoms with Crippen molar-refractivity contribution in [2.24, 2.45) is 0 Å². The van der Waals surface area contributed by atoms with Crippen LogP contribution in [0, 0.1) is 3.57 Å². The van der Waals surface area contributed by atoms with Crippen LogP contribution in [0.15, 0.2) is 29.3 Å². The second-order valence-electron chi connectivity index (χ2n) is 4.49. The van der Waals surface area contributed by atoms with Crippen LogP contribution in [0.2, 0.25) is 0 Å². The molecule has 1 aromatic carbocycles. The number of sulfone groups is 1. The van der Waals surface area contributed by atoms with Gasteiger partial charge in [0, 0.05) is 15.9 Å². The smallest absolute Gasteiger partial charge is 0.261 e. The molecule has 0 N–H and O–H groups in total. The van der Waals surface area contributed by atoms with Crippen LogP contribution < -0.4 is 5.56 Å². The van der Waals surface area contributed by atoms with Crippen LogP contribution in [0.3, 0.4) is 0 Å². The van der Waals surface area contributed by atoms with Crippen molar-refractivity contribution in [1.82, 2.24) is 9.55 Å². The van der Waals surface area contributed by atoms with Gasteiger partial charge in [0.2, 0.25) is 0 Å². The third kappa shape index (κ3) is 3.57. The van der Waals surface area contributed by atoms with E-state index in [2.05, 4.69) is 27.6 Å². The summed E-state index contributed by atoms with van der Waals surface area (Å²) < 4.78 is 25.3. The summed E-state index contributed by atoms with van der Waals surface area (Å²) >= 11 is 2.15. The Balaban J connectivity index is 2.23. The Hall–Kier alpha value is -0.960. The Kier molecular flexibility index (Phi) is 4.79. The SMILES string of the molecule is CCS(=O)(=O)CCCn1cnc2ccc(I)cc2c1=O. The molecule has 108 valence electrons. The number of aromatic nitrogens is 2. The number of aryl methyl sites for hydroxylation is 1. The highest BCUT2D eigenvalue weighted by atomic mass is 127. The summed E-state index contributed by atoms with van der Waals surface area (Å²) in [6.45, 7) is 1.99. The molecule has 0 radical (unpaired) electrons. The summed E-state index contributed by atoms with van der Waals surface area (Å²) in [5.41, 5.74) is 0.537. The lowest BCUT2D eigenvalue weighted by Crippen LogP contribution is -2.22. The molecule has 0 aliphatic heterocycles. The Morgan fingerprint density at radius 1 is 1.35 bits per heavy atom. The van der Waals surface area contributed by atoms with E-state index in [1.165, 1.54) is 10.9 Å². The second kappa shape index (κ2) is 6.21. The highest BCUT2D eigenvalue weighted by Crippen LogP contribution is 2.11. The number of nitrogens with zero attached hydrogens (tertiary/aromatic N) is 2. The molecule has 7 heteroatoms. The summed E-state index contributed by atoms with van der Waals surface area (Å²) in [6.07, 6.45) is 1.91. The van der Waals surface area contributed by atoms with E-state index in [1.54, 1.807) is 13.0 Å². The van der Waals surface area contributed by atoms with E-state index in [0.29, 0.717) is 23.9 Å². The largest absolute Gasteiger partial charge is 0.299 e. The van der Waals surface area contributed by atoms with Crippen LogP contribution in [0.5, 0.6) is 0 Å². The van der Waals surface area contributed by atoms with Crippen molar-refractivity contribution in [1.29, 1.82) is 0 Å². The van der Waals surface area contributed by atoms with Gasteiger partial charge < -0.3 is 0 Å². The number of hydrogen-bond donors (Lipinski definition) is 0. The van der Waals surface area contributed by atoms with E-state index >= 15 is 0 Å². The average Bonchev–Trinajstić information content (AvgIpc) is 2.42. The molecule has 0 bridgehead atoms. The van der Waals surface area contributed by atoms with Crippen LogP contribution in [0.25, 0.3) is 10.9 Å². The van der Waals surface area contributed by atoms with Crippen LogP contribution in [0.4, 0.5) is 0 Å². The van der Waals surface area contributed by atoms with E-state index in [-0.39, 0.29) is 17.1 Å². The standard InChI is InChI=1S/C13H15IN2O3S/c1-2-20(18,19)7-3-6-16-9-15-12-5-4-10(14)8-11(12)13(16)17/h4-5,8-9H,2-3,6-7H2,1H3. The van der Waals surface area contributed by atoms with Crippen LogP contribution in [-0.2, 0) is 16.4 Å². The van der Waals surface area contributed by atoms with E-state index in [9.17, 15) is 13.2 Å². The van der Waals surface area contributed by atoms with Gasteiger partial charge in [-0.15, -0.1) is 0 Å². The Morgan fingerprint density at radius 2 is 2.10 bits per heavy atom. The van der Waals surface area contributed by atoms with Crippen LogP contribution in [-0.4, -0.2) is 29.5 Å². The van der Waals surface area contributed by atoms with Gasteiger partial charge in [-0.3, -0.25) is 9.36 Å². The van der Waals surface area contributed by atoms with Crippen molar-refractivity contribution < 1.29 is 8.42 Å². The molecule has 0 unspecified atom stereocenters. The predicted molar refractivity (Wildman–Crippen MR) is 87.7 cm³/mol. The van der Waals surface area contributed by atoms with Gasteiger partial charge in [-0.05, 0) is 47.2 Å². The molecule has 5 nitrogen and oxygen atoms in total. The summed E-state index contributed by atoms with van der Waals surface area (Å²) in [5.74, 6) is 0.233. The van der Waals surface area contributed by atoms with Crippen molar-refractivity contribution in [2.75, 3.05) is 11.5 Å². The van der Waals surface area contributed by atoms with Crippen molar-refractivity contribution >= 4 is 43.3 Å². The Morgan fingerprint density at radius 3 is 2.80 bits per heavy atom. The van der Waals surface area contributed by atoms with Crippen molar-refractivity contribution in [2.45, 2.75) is 19.9 Å². The third-order valence-corrected chi connectivity index (χ3v) is 5.54. The maximum absolute atomic E-state index is 12.3. The fourth-order valence-electron chi connectivity index (χ4n) is 1.89. The topological polar surface area (TPSA) is 69.0 Å². The number of rotatable bonds is 5. The molecule has 0 saturated carbocycles. The predicted octanol–water partition coefficient (Wildman–Crippen LogP) is 1.83. The molecule has 0 aliphatic carbocycles. The molecule has 0 fully saturated rings. The van der Waals surface area contributed by atoms with Crippen molar-refractivity contribution in [3.8, 4) is 0 Å². The first-order chi connectivity index (χ1) is 9.43. The quantitative estimate of drug-likeness (QED) is 0.711. The molecular weight excluding hydrogens is 391 g/mol. The molecular formula is C13H15IN2O3S. The second-order valence-corrected chi connectivity index (χ2v) is 8.21. The van der Waals surface area contributed by atoms with E-state index in [4.69, 9.17) is 0 Å². The number of benzene rings is 1. The average molecular weight is 406 g/mol. The zero-order chi connectivity index (χ0) is 14.8. The fourth-order valence-corrected chi connectivity index (χ4v) is 3.24. The monoisotopic (exact) mass is 406 g/mol. The van der Waals surface area contributed by atoms with Gasteiger partial charge >= 0.3 is 0 Å². The van der Waals surface area contributed by atoms with Crippen molar-refractivity contribution in [3.05, 3.63) is 38.5 Å². The molecule has 0 atom stereocenters. The maximum Gasteiger partial charge on any atom is 0.261 e. The van der Waals surface area contributed by atoms with Gasteiger partial charge in [-0.2, -0.15) is 0 Å². The molecule has 1 aromatic heterocycles. The lowest BCUT2D eigenvalue weighted by atomic mass is 10.2. The van der Waals surface area contributed by atoms with Gasteiger partial charge in [-0.1, -0.05) is 6.92 Å². The summed E-state index contributed by atoms with van der Waals surface area (Å²) in [7, 11) is -2.99. The van der Waals surface area contributed by atoms with E-state index in [0.717, 1.165) is 3.57 Å². The Labute approximate surface area is 131 Å². The summed E-state index contributed by atoms with van der Waals surface area (Å²) in [6, 6.07) is 5.50. The summed E-state index contributed by atoms with van der Waals surface area (Å²) in [5, 5.41) is 0.567. The minimum Gasteiger partial charge on any atom is -0.299 e. The first-order valence-electron chi connectivity index (χ1n) is 6.28. The van der Waals surface area contributed by atoms with Gasteiger partial charge in [0.05, 0.1) is 23.0 Å². The molecule has 0 spiro atoms. The van der Waals surface area contributed by atoms with Gasteiger partial charge in [0.15, 0.2) is 0 Å². The Bertz CT molecular complexity index is 784. The highest BCUT2D eigenvalue weighted by Gasteiger charge is 2.08. The molecule has 2 aromatic rings. The first kappa shape index (κ1) is 15.4. The summed E-state index contributed by atoms with van der Waals surface area (Å²) in [4.78, 5) is 16.5. The van der Waals surface area contributed by atoms with E-state index in [1.807, 2.05) is 12.1 Å². The maximum atomic E-state index is 12.3. The zero-order valence-electron chi connectivity index (χ0n) is 11.0. The van der Waals surface area contributed by atoms with Gasteiger partial charge in [0.25, 0.3) is 5.56 Å².